The summed E-state index contributed by atoms with van der Waals surface area (Å²) < 4.78 is 0. The molecule has 0 unspecified atom stereocenters. The lowest BCUT2D eigenvalue weighted by Crippen LogP contribution is -2.56. The van der Waals surface area contributed by atoms with Gasteiger partial charge in [-0.25, -0.2) is 4.79 Å². The standard InChI is InChI=1S/C16H21NO3S/c18-14(12-21-11-13-7-3-1-4-8-13)17-16(15(19)20)9-5-2-6-10-16/h1,3-4,7-8H,2,5-6,9-12H2,(H,17,18)(H,19,20). The normalized spacial score (nSPS) is 17.1. The van der Waals surface area contributed by atoms with Gasteiger partial charge in [-0.05, 0) is 18.4 Å². The Morgan fingerprint density at radius 2 is 1.81 bits per heavy atom. The first-order valence-corrected chi connectivity index (χ1v) is 8.44. The van der Waals surface area contributed by atoms with Crippen molar-refractivity contribution >= 4 is 23.6 Å². The molecule has 0 bridgehead atoms. The van der Waals surface area contributed by atoms with Gasteiger partial charge in [0.05, 0.1) is 5.75 Å². The van der Waals surface area contributed by atoms with Gasteiger partial charge in [-0.3, -0.25) is 4.79 Å². The van der Waals surface area contributed by atoms with E-state index >= 15 is 0 Å². The van der Waals surface area contributed by atoms with Crippen LogP contribution in [0.5, 0.6) is 0 Å². The number of hydrogen-bond donors (Lipinski definition) is 2. The smallest absolute Gasteiger partial charge is 0.329 e. The first kappa shape index (κ1) is 15.9. The highest BCUT2D eigenvalue weighted by atomic mass is 32.2. The molecule has 0 atom stereocenters. The number of benzene rings is 1. The number of carbonyl (C=O) groups excluding carboxylic acids is 1. The first-order chi connectivity index (χ1) is 10.1. The summed E-state index contributed by atoms with van der Waals surface area (Å²) in [5, 5.41) is 12.2. The van der Waals surface area contributed by atoms with Gasteiger partial charge in [0.1, 0.15) is 5.54 Å². The van der Waals surface area contributed by atoms with E-state index in [1.165, 1.54) is 17.3 Å². The number of thioether (sulfide) groups is 1. The number of carbonyl (C=O) groups is 2. The molecule has 1 aliphatic rings. The van der Waals surface area contributed by atoms with Crippen molar-refractivity contribution in [3.05, 3.63) is 35.9 Å². The molecule has 0 aromatic heterocycles. The molecule has 5 heteroatoms. The van der Waals surface area contributed by atoms with E-state index < -0.39 is 11.5 Å². The number of hydrogen-bond acceptors (Lipinski definition) is 3. The third-order valence-electron chi connectivity index (χ3n) is 3.84. The number of carboxylic acid groups (broad SMARTS) is 1. The molecule has 1 aliphatic carbocycles. The van der Waals surface area contributed by atoms with Crippen molar-refractivity contribution in [3.63, 3.8) is 0 Å². The topological polar surface area (TPSA) is 66.4 Å². The van der Waals surface area contributed by atoms with Crippen molar-refractivity contribution in [2.24, 2.45) is 0 Å². The van der Waals surface area contributed by atoms with Crippen LogP contribution in [0.25, 0.3) is 0 Å². The van der Waals surface area contributed by atoms with E-state index in [9.17, 15) is 14.7 Å². The second-order valence-corrected chi connectivity index (χ2v) is 6.46. The van der Waals surface area contributed by atoms with Crippen LogP contribution in [-0.4, -0.2) is 28.3 Å². The van der Waals surface area contributed by atoms with Crippen LogP contribution in [0.3, 0.4) is 0 Å². The monoisotopic (exact) mass is 307 g/mol. The fraction of sp³-hybridized carbons (Fsp3) is 0.500. The number of carboxylic acids is 1. The first-order valence-electron chi connectivity index (χ1n) is 7.28. The Bertz CT molecular complexity index is 484. The highest BCUT2D eigenvalue weighted by Gasteiger charge is 2.40. The Morgan fingerprint density at radius 3 is 2.43 bits per heavy atom. The average molecular weight is 307 g/mol. The van der Waals surface area contributed by atoms with Crippen LogP contribution in [0.1, 0.15) is 37.7 Å². The van der Waals surface area contributed by atoms with Gasteiger partial charge in [0.2, 0.25) is 5.91 Å². The molecule has 1 saturated carbocycles. The summed E-state index contributed by atoms with van der Waals surface area (Å²) in [6.45, 7) is 0. The molecule has 1 aromatic carbocycles. The molecule has 2 N–H and O–H groups in total. The van der Waals surface area contributed by atoms with Gasteiger partial charge in [0.25, 0.3) is 0 Å². The summed E-state index contributed by atoms with van der Waals surface area (Å²) in [7, 11) is 0. The van der Waals surface area contributed by atoms with E-state index in [0.717, 1.165) is 25.0 Å². The summed E-state index contributed by atoms with van der Waals surface area (Å²) in [6.07, 6.45) is 3.86. The Morgan fingerprint density at radius 1 is 1.14 bits per heavy atom. The maximum Gasteiger partial charge on any atom is 0.329 e. The van der Waals surface area contributed by atoms with Crippen LogP contribution < -0.4 is 5.32 Å². The molecule has 0 heterocycles. The van der Waals surface area contributed by atoms with E-state index in [1.807, 2.05) is 30.3 Å². The zero-order valence-corrected chi connectivity index (χ0v) is 12.8. The zero-order valence-electron chi connectivity index (χ0n) is 12.0. The summed E-state index contributed by atoms with van der Waals surface area (Å²) in [6, 6.07) is 9.94. The second-order valence-electron chi connectivity index (χ2n) is 5.47. The third kappa shape index (κ3) is 4.49. The Labute approximate surface area is 129 Å². The molecular formula is C16H21NO3S. The Hall–Kier alpha value is -1.49. The van der Waals surface area contributed by atoms with Crippen LogP contribution >= 0.6 is 11.8 Å². The molecule has 1 fully saturated rings. The molecule has 0 saturated heterocycles. The minimum absolute atomic E-state index is 0.180. The molecular weight excluding hydrogens is 286 g/mol. The lowest BCUT2D eigenvalue weighted by Gasteiger charge is -2.33. The van der Waals surface area contributed by atoms with Crippen molar-refractivity contribution in [2.75, 3.05) is 5.75 Å². The van der Waals surface area contributed by atoms with Gasteiger partial charge in [0, 0.05) is 5.75 Å². The summed E-state index contributed by atoms with van der Waals surface area (Å²) in [5.41, 5.74) is 0.128. The van der Waals surface area contributed by atoms with Gasteiger partial charge in [-0.2, -0.15) is 0 Å². The summed E-state index contributed by atoms with van der Waals surface area (Å²) >= 11 is 1.51. The number of rotatable bonds is 6. The van der Waals surface area contributed by atoms with Crippen LogP contribution in [0.15, 0.2) is 30.3 Å². The van der Waals surface area contributed by atoms with Gasteiger partial charge in [0.15, 0.2) is 0 Å². The predicted molar refractivity (Wildman–Crippen MR) is 84.2 cm³/mol. The van der Waals surface area contributed by atoms with E-state index in [0.29, 0.717) is 18.6 Å². The maximum absolute atomic E-state index is 12.0. The van der Waals surface area contributed by atoms with Gasteiger partial charge >= 0.3 is 5.97 Å². The van der Waals surface area contributed by atoms with Crippen molar-refractivity contribution < 1.29 is 14.7 Å². The minimum atomic E-state index is -1.04. The maximum atomic E-state index is 12.0. The molecule has 4 nitrogen and oxygen atoms in total. The minimum Gasteiger partial charge on any atom is -0.480 e. The SMILES string of the molecule is O=C(CSCc1ccccc1)NC1(C(=O)O)CCCCC1. The largest absolute Gasteiger partial charge is 0.480 e. The Balaban J connectivity index is 1.81. The lowest BCUT2D eigenvalue weighted by atomic mass is 9.81. The molecule has 21 heavy (non-hydrogen) atoms. The van der Waals surface area contributed by atoms with E-state index in [-0.39, 0.29) is 5.91 Å². The summed E-state index contributed by atoms with van der Waals surface area (Å²) in [5.74, 6) is -0.0260. The average Bonchev–Trinajstić information content (AvgIpc) is 2.49. The zero-order chi connectivity index (χ0) is 15.1. The molecule has 114 valence electrons. The van der Waals surface area contributed by atoms with Crippen molar-refractivity contribution in [1.29, 1.82) is 0 Å². The second kappa shape index (κ2) is 7.50. The number of amides is 1. The number of aliphatic carboxylic acids is 1. The van der Waals surface area contributed by atoms with Gasteiger partial charge in [-0.1, -0.05) is 49.6 Å². The molecule has 0 radical (unpaired) electrons. The van der Waals surface area contributed by atoms with Crippen molar-refractivity contribution in [3.8, 4) is 0 Å². The van der Waals surface area contributed by atoms with Crippen LogP contribution in [0.4, 0.5) is 0 Å². The third-order valence-corrected chi connectivity index (χ3v) is 4.84. The highest BCUT2D eigenvalue weighted by Crippen LogP contribution is 2.28. The Kier molecular flexibility index (Phi) is 5.67. The van der Waals surface area contributed by atoms with E-state index in [4.69, 9.17) is 0 Å². The predicted octanol–water partition coefficient (Wildman–Crippen LogP) is 2.82. The van der Waals surface area contributed by atoms with E-state index in [2.05, 4.69) is 5.32 Å². The highest BCUT2D eigenvalue weighted by molar-refractivity contribution is 7.99. The quantitative estimate of drug-likeness (QED) is 0.848. The number of nitrogens with one attached hydrogen (secondary N) is 1. The van der Waals surface area contributed by atoms with Crippen molar-refractivity contribution in [1.82, 2.24) is 5.32 Å². The summed E-state index contributed by atoms with van der Waals surface area (Å²) in [4.78, 5) is 23.5. The van der Waals surface area contributed by atoms with Crippen LogP contribution in [0.2, 0.25) is 0 Å². The molecule has 0 aliphatic heterocycles. The van der Waals surface area contributed by atoms with Crippen LogP contribution in [-0.2, 0) is 15.3 Å². The lowest BCUT2D eigenvalue weighted by molar-refractivity contribution is -0.148. The van der Waals surface area contributed by atoms with E-state index in [1.54, 1.807) is 0 Å². The van der Waals surface area contributed by atoms with Gasteiger partial charge in [-0.15, -0.1) is 11.8 Å². The molecule has 1 aromatic rings. The fourth-order valence-electron chi connectivity index (χ4n) is 2.69. The fourth-order valence-corrected chi connectivity index (χ4v) is 3.47. The van der Waals surface area contributed by atoms with Crippen LogP contribution in [0, 0.1) is 0 Å². The van der Waals surface area contributed by atoms with Crippen molar-refractivity contribution in [2.45, 2.75) is 43.4 Å². The molecule has 2 rings (SSSR count). The van der Waals surface area contributed by atoms with Gasteiger partial charge < -0.3 is 10.4 Å². The molecule has 1 amide bonds. The molecule has 0 spiro atoms.